The Kier molecular flexibility index (Phi) is 3.43. The molecular formula is C7H12FNO3. The first-order valence-electron chi connectivity index (χ1n) is 3.87. The number of carboxylic acid groups (broad SMARTS) is 1. The van der Waals surface area contributed by atoms with E-state index in [-0.39, 0.29) is 19.1 Å². The summed E-state index contributed by atoms with van der Waals surface area (Å²) in [6.45, 7) is 0.745. The van der Waals surface area contributed by atoms with Gasteiger partial charge >= 0.3 is 5.97 Å². The smallest absolute Gasteiger partial charge is 0.304 e. The third kappa shape index (κ3) is 2.75. The molecule has 0 saturated carbocycles. The summed E-state index contributed by atoms with van der Waals surface area (Å²) in [7, 11) is 0. The van der Waals surface area contributed by atoms with Gasteiger partial charge in [0.25, 0.3) is 0 Å². The first-order chi connectivity index (χ1) is 5.70. The molecular weight excluding hydrogens is 165 g/mol. The lowest BCUT2D eigenvalue weighted by Gasteiger charge is -2.11. The average Bonchev–Trinajstić information content (AvgIpc) is 2.36. The summed E-state index contributed by atoms with van der Waals surface area (Å²) in [6.07, 6.45) is -0.984. The highest BCUT2D eigenvalue weighted by Gasteiger charge is 2.27. The fourth-order valence-corrected chi connectivity index (χ4v) is 1.08. The van der Waals surface area contributed by atoms with Gasteiger partial charge < -0.3 is 15.2 Å². The number of ether oxygens (including phenoxy) is 1. The van der Waals surface area contributed by atoms with Gasteiger partial charge in [-0.2, -0.15) is 0 Å². The maximum atomic E-state index is 12.8. The predicted octanol–water partition coefficient (Wildman–Crippen LogP) is -0.212. The van der Waals surface area contributed by atoms with Crippen LogP contribution in [0, 0.1) is 0 Å². The Morgan fingerprint density at radius 1 is 1.67 bits per heavy atom. The van der Waals surface area contributed by atoms with Gasteiger partial charge in [-0.1, -0.05) is 0 Å². The topological polar surface area (TPSA) is 58.6 Å². The minimum atomic E-state index is -1.00. The average molecular weight is 177 g/mol. The quantitative estimate of drug-likeness (QED) is 0.623. The van der Waals surface area contributed by atoms with Gasteiger partial charge in [-0.25, -0.2) is 4.39 Å². The van der Waals surface area contributed by atoms with Crippen molar-refractivity contribution >= 4 is 5.97 Å². The van der Waals surface area contributed by atoms with Gasteiger partial charge in [-0.05, 0) is 0 Å². The molecule has 12 heavy (non-hydrogen) atoms. The first kappa shape index (κ1) is 9.41. The number of carbonyl (C=O) groups is 1. The van der Waals surface area contributed by atoms with Crippen LogP contribution < -0.4 is 5.32 Å². The number of aliphatic carboxylic acids is 1. The maximum Gasteiger partial charge on any atom is 0.304 e. The van der Waals surface area contributed by atoms with Crippen LogP contribution in [0.25, 0.3) is 0 Å². The zero-order chi connectivity index (χ0) is 8.97. The lowest BCUT2D eigenvalue weighted by atomic mass is 10.2. The van der Waals surface area contributed by atoms with E-state index >= 15 is 0 Å². The van der Waals surface area contributed by atoms with Crippen LogP contribution >= 0.6 is 0 Å². The molecule has 0 radical (unpaired) electrons. The molecule has 1 fully saturated rings. The molecule has 2 atom stereocenters. The van der Waals surface area contributed by atoms with E-state index in [1.807, 2.05) is 0 Å². The Balaban J connectivity index is 2.10. The predicted molar refractivity (Wildman–Crippen MR) is 39.8 cm³/mol. The normalized spacial score (nSPS) is 29.1. The maximum absolute atomic E-state index is 12.8. The van der Waals surface area contributed by atoms with Crippen LogP contribution in [0.1, 0.15) is 6.42 Å². The molecule has 0 aliphatic carbocycles. The summed E-state index contributed by atoms with van der Waals surface area (Å²) in [5.41, 5.74) is 0. The number of hydrogen-bond acceptors (Lipinski definition) is 3. The van der Waals surface area contributed by atoms with Crippen molar-refractivity contribution in [3.05, 3.63) is 0 Å². The Morgan fingerprint density at radius 3 is 2.92 bits per heavy atom. The van der Waals surface area contributed by atoms with Crippen LogP contribution in [0.3, 0.4) is 0 Å². The number of nitrogens with one attached hydrogen (secondary N) is 1. The molecule has 1 heterocycles. The fourth-order valence-electron chi connectivity index (χ4n) is 1.08. The standard InChI is InChI=1S/C7H12FNO3/c8-5-3-12-4-6(5)9-2-1-7(10)11/h5-6,9H,1-4H2,(H,10,11)/t5-,6-/m1/s1. The van der Waals surface area contributed by atoms with E-state index in [1.54, 1.807) is 0 Å². The Morgan fingerprint density at radius 2 is 2.42 bits per heavy atom. The van der Waals surface area contributed by atoms with Crippen molar-refractivity contribution in [2.75, 3.05) is 19.8 Å². The van der Waals surface area contributed by atoms with Gasteiger partial charge in [-0.3, -0.25) is 4.79 Å². The van der Waals surface area contributed by atoms with Gasteiger partial charge in [0.1, 0.15) is 6.17 Å². The van der Waals surface area contributed by atoms with Gasteiger partial charge in [0.05, 0.1) is 25.7 Å². The van der Waals surface area contributed by atoms with Crippen molar-refractivity contribution in [2.45, 2.75) is 18.6 Å². The molecule has 1 rings (SSSR count). The zero-order valence-electron chi connectivity index (χ0n) is 6.62. The molecule has 0 aromatic rings. The van der Waals surface area contributed by atoms with Gasteiger partial charge in [0.2, 0.25) is 0 Å². The van der Waals surface area contributed by atoms with Crippen molar-refractivity contribution in [2.24, 2.45) is 0 Å². The molecule has 0 amide bonds. The summed E-state index contributed by atoms with van der Waals surface area (Å²) in [5, 5.41) is 11.1. The molecule has 1 aliphatic rings. The molecule has 0 spiro atoms. The van der Waals surface area contributed by atoms with Crippen LogP contribution in [0.4, 0.5) is 4.39 Å². The molecule has 0 aromatic heterocycles. The molecule has 1 aliphatic heterocycles. The summed E-state index contributed by atoms with van der Waals surface area (Å²) in [6, 6.07) is -0.329. The second-order valence-corrected chi connectivity index (χ2v) is 2.76. The number of alkyl halides is 1. The van der Waals surface area contributed by atoms with Gasteiger partial charge in [-0.15, -0.1) is 0 Å². The molecule has 0 unspecified atom stereocenters. The summed E-state index contributed by atoms with van der Waals surface area (Å²) >= 11 is 0. The van der Waals surface area contributed by atoms with Gasteiger partial charge in [0.15, 0.2) is 0 Å². The number of halogens is 1. The van der Waals surface area contributed by atoms with Crippen molar-refractivity contribution in [1.29, 1.82) is 0 Å². The second kappa shape index (κ2) is 4.37. The van der Waals surface area contributed by atoms with E-state index in [1.165, 1.54) is 0 Å². The SMILES string of the molecule is O=C(O)CCN[C@@H]1COC[C@H]1F. The second-order valence-electron chi connectivity index (χ2n) is 2.76. The Bertz CT molecular complexity index is 165. The van der Waals surface area contributed by atoms with E-state index in [0.29, 0.717) is 13.2 Å². The molecule has 0 bridgehead atoms. The number of rotatable bonds is 4. The van der Waals surface area contributed by atoms with E-state index in [2.05, 4.69) is 5.32 Å². The lowest BCUT2D eigenvalue weighted by molar-refractivity contribution is -0.136. The first-order valence-corrected chi connectivity index (χ1v) is 3.87. The summed E-state index contributed by atoms with van der Waals surface area (Å²) in [5.74, 6) is -0.878. The highest BCUT2D eigenvalue weighted by molar-refractivity contribution is 5.66. The highest BCUT2D eigenvalue weighted by Crippen LogP contribution is 2.08. The van der Waals surface area contributed by atoms with E-state index in [0.717, 1.165) is 0 Å². The van der Waals surface area contributed by atoms with Crippen LogP contribution in [0.2, 0.25) is 0 Å². The van der Waals surface area contributed by atoms with E-state index < -0.39 is 12.1 Å². The van der Waals surface area contributed by atoms with Crippen molar-refractivity contribution in [3.63, 3.8) is 0 Å². The number of carboxylic acids is 1. The van der Waals surface area contributed by atoms with Crippen molar-refractivity contribution < 1.29 is 19.0 Å². The van der Waals surface area contributed by atoms with Crippen molar-refractivity contribution in [1.82, 2.24) is 5.32 Å². The Labute approximate surface area is 69.7 Å². The molecule has 0 aromatic carbocycles. The summed E-state index contributed by atoms with van der Waals surface area (Å²) < 4.78 is 17.6. The molecule has 4 nitrogen and oxygen atoms in total. The van der Waals surface area contributed by atoms with Crippen LogP contribution in [-0.2, 0) is 9.53 Å². The molecule has 2 N–H and O–H groups in total. The van der Waals surface area contributed by atoms with E-state index in [9.17, 15) is 9.18 Å². The third-order valence-corrected chi connectivity index (χ3v) is 1.76. The van der Waals surface area contributed by atoms with Crippen LogP contribution in [-0.4, -0.2) is 43.0 Å². The molecule has 70 valence electrons. The largest absolute Gasteiger partial charge is 0.481 e. The monoisotopic (exact) mass is 177 g/mol. The lowest BCUT2D eigenvalue weighted by Crippen LogP contribution is -2.37. The Hall–Kier alpha value is -0.680. The zero-order valence-corrected chi connectivity index (χ0v) is 6.62. The van der Waals surface area contributed by atoms with Crippen LogP contribution in [0.5, 0.6) is 0 Å². The fraction of sp³-hybridized carbons (Fsp3) is 0.857. The van der Waals surface area contributed by atoms with Crippen molar-refractivity contribution in [3.8, 4) is 0 Å². The van der Waals surface area contributed by atoms with E-state index in [4.69, 9.17) is 9.84 Å². The highest BCUT2D eigenvalue weighted by atomic mass is 19.1. The van der Waals surface area contributed by atoms with Gasteiger partial charge in [0, 0.05) is 6.54 Å². The van der Waals surface area contributed by atoms with Crippen LogP contribution in [0.15, 0.2) is 0 Å². The summed E-state index contributed by atoms with van der Waals surface area (Å²) in [4.78, 5) is 10.1. The third-order valence-electron chi connectivity index (χ3n) is 1.76. The minimum Gasteiger partial charge on any atom is -0.481 e. The number of hydrogen-bond donors (Lipinski definition) is 2. The molecule has 5 heteroatoms. The molecule has 1 saturated heterocycles. The minimum absolute atomic E-state index is 0.0171.